The average molecular weight is 416 g/mol. The van der Waals surface area contributed by atoms with E-state index in [2.05, 4.69) is 15.1 Å². The highest BCUT2D eigenvalue weighted by Crippen LogP contribution is 2.17. The number of hydrogen-bond acceptors (Lipinski definition) is 5. The van der Waals surface area contributed by atoms with Crippen molar-refractivity contribution in [3.63, 3.8) is 0 Å². The topological polar surface area (TPSA) is 54.0 Å². The number of benzene rings is 2. The Morgan fingerprint density at radius 3 is 2.70 bits per heavy atom. The number of halogens is 1. The molecule has 0 aliphatic carbocycles. The predicted molar refractivity (Wildman–Crippen MR) is 115 cm³/mol. The molecular weight excluding hydrogens is 385 g/mol. The number of hydrogen-bond donors (Lipinski definition) is 1. The van der Waals surface area contributed by atoms with E-state index in [0.717, 1.165) is 49.6 Å². The summed E-state index contributed by atoms with van der Waals surface area (Å²) in [6.45, 7) is 5.27. The van der Waals surface area contributed by atoms with Gasteiger partial charge in [-0.1, -0.05) is 12.1 Å². The Morgan fingerprint density at radius 1 is 1.07 bits per heavy atom. The minimum Gasteiger partial charge on any atom is -0.491 e. The molecule has 0 atom stereocenters. The van der Waals surface area contributed by atoms with E-state index in [1.165, 1.54) is 12.1 Å². The highest BCUT2D eigenvalue weighted by molar-refractivity contribution is 5.78. The molecule has 0 unspecified atom stereocenters. The monoisotopic (exact) mass is 415 g/mol. The molecule has 0 aromatic heterocycles. The molecule has 6 nitrogen and oxygen atoms in total. The summed E-state index contributed by atoms with van der Waals surface area (Å²) in [6, 6.07) is 14.3. The maximum absolute atomic E-state index is 13.1. The number of ether oxygens (including phenoxy) is 2. The van der Waals surface area contributed by atoms with Crippen LogP contribution in [0.4, 0.5) is 10.1 Å². The molecule has 0 saturated carbocycles. The molecule has 0 spiro atoms. The Bertz CT molecular complexity index is 801. The van der Waals surface area contributed by atoms with Crippen LogP contribution in [-0.2, 0) is 16.1 Å². The van der Waals surface area contributed by atoms with Gasteiger partial charge >= 0.3 is 0 Å². The highest BCUT2D eigenvalue weighted by atomic mass is 19.1. The highest BCUT2D eigenvalue weighted by Gasteiger charge is 2.17. The van der Waals surface area contributed by atoms with E-state index in [1.54, 1.807) is 7.11 Å². The van der Waals surface area contributed by atoms with Crippen LogP contribution in [0.3, 0.4) is 0 Å². The fourth-order valence-corrected chi connectivity index (χ4v) is 3.49. The lowest BCUT2D eigenvalue weighted by Crippen LogP contribution is -2.39. The molecule has 1 heterocycles. The zero-order valence-electron chi connectivity index (χ0n) is 17.5. The fraction of sp³-hybridized carbons (Fsp3) is 0.435. The van der Waals surface area contributed by atoms with Gasteiger partial charge in [0.15, 0.2) is 0 Å². The van der Waals surface area contributed by atoms with Crippen LogP contribution in [0.15, 0.2) is 48.5 Å². The summed E-state index contributed by atoms with van der Waals surface area (Å²) in [7, 11) is 1.64. The molecule has 1 N–H and O–H groups in total. The van der Waals surface area contributed by atoms with Crippen molar-refractivity contribution in [2.75, 3.05) is 57.9 Å². The molecular formula is C23H30FN3O3. The van der Waals surface area contributed by atoms with Gasteiger partial charge < -0.3 is 19.7 Å². The van der Waals surface area contributed by atoms with Crippen molar-refractivity contribution in [3.05, 3.63) is 59.9 Å². The first-order chi connectivity index (χ1) is 14.6. The predicted octanol–water partition coefficient (Wildman–Crippen LogP) is 2.68. The lowest BCUT2D eigenvalue weighted by molar-refractivity contribution is -0.122. The third kappa shape index (κ3) is 7.00. The average Bonchev–Trinajstić information content (AvgIpc) is 2.99. The van der Waals surface area contributed by atoms with Gasteiger partial charge in [-0.3, -0.25) is 9.69 Å². The van der Waals surface area contributed by atoms with Crippen molar-refractivity contribution in [1.29, 1.82) is 0 Å². The van der Waals surface area contributed by atoms with Gasteiger partial charge in [0.1, 0.15) is 18.2 Å². The summed E-state index contributed by atoms with van der Waals surface area (Å²) in [5.74, 6) is 0.557. The molecule has 1 aliphatic heterocycles. The van der Waals surface area contributed by atoms with Gasteiger partial charge in [-0.05, 0) is 48.4 Å². The third-order valence-electron chi connectivity index (χ3n) is 5.09. The number of nitrogens with zero attached hydrogens (tertiary/aromatic N) is 2. The molecule has 30 heavy (non-hydrogen) atoms. The number of anilines is 1. The molecule has 1 fully saturated rings. The van der Waals surface area contributed by atoms with Crippen molar-refractivity contribution >= 4 is 11.6 Å². The van der Waals surface area contributed by atoms with E-state index < -0.39 is 0 Å². The molecule has 0 bridgehead atoms. The molecule has 2 aromatic carbocycles. The molecule has 162 valence electrons. The van der Waals surface area contributed by atoms with E-state index in [1.807, 2.05) is 36.4 Å². The van der Waals surface area contributed by atoms with Crippen LogP contribution in [0.5, 0.6) is 5.75 Å². The minimum atomic E-state index is -0.223. The van der Waals surface area contributed by atoms with Crippen molar-refractivity contribution in [2.24, 2.45) is 0 Å². The normalized spacial score (nSPS) is 14.9. The number of carbonyl (C=O) groups is 1. The maximum Gasteiger partial charge on any atom is 0.234 e. The summed E-state index contributed by atoms with van der Waals surface area (Å²) in [4.78, 5) is 16.8. The number of methoxy groups -OCH3 is 1. The Kier molecular flexibility index (Phi) is 8.47. The first-order valence-electron chi connectivity index (χ1n) is 10.3. The van der Waals surface area contributed by atoms with Gasteiger partial charge in [-0.15, -0.1) is 0 Å². The van der Waals surface area contributed by atoms with Gasteiger partial charge in [0.2, 0.25) is 5.91 Å². The fourth-order valence-electron chi connectivity index (χ4n) is 3.49. The number of nitrogens with one attached hydrogen (secondary N) is 1. The summed E-state index contributed by atoms with van der Waals surface area (Å²) in [5, 5.41) is 2.99. The van der Waals surface area contributed by atoms with E-state index in [4.69, 9.17) is 9.47 Å². The number of rotatable bonds is 9. The van der Waals surface area contributed by atoms with Crippen molar-refractivity contribution < 1.29 is 18.7 Å². The summed E-state index contributed by atoms with van der Waals surface area (Å²) in [6.07, 6.45) is 0.964. The second kappa shape index (κ2) is 11.5. The smallest absolute Gasteiger partial charge is 0.234 e. The maximum atomic E-state index is 13.1. The Labute approximate surface area is 177 Å². The molecule has 1 amide bonds. The van der Waals surface area contributed by atoms with Crippen LogP contribution >= 0.6 is 0 Å². The van der Waals surface area contributed by atoms with Crippen LogP contribution < -0.4 is 15.0 Å². The third-order valence-corrected chi connectivity index (χ3v) is 5.09. The lowest BCUT2D eigenvalue weighted by Gasteiger charge is -2.23. The van der Waals surface area contributed by atoms with Gasteiger partial charge in [0.05, 0.1) is 13.2 Å². The number of amides is 1. The summed E-state index contributed by atoms with van der Waals surface area (Å²) >= 11 is 0. The SMILES string of the molecule is COCCOc1cccc(CNC(=O)CN2CCCN(c3ccc(F)cc3)CC2)c1. The molecule has 0 radical (unpaired) electrons. The molecule has 1 saturated heterocycles. The van der Waals surface area contributed by atoms with Crippen LogP contribution in [-0.4, -0.2) is 63.9 Å². The quantitative estimate of drug-likeness (QED) is 0.639. The van der Waals surface area contributed by atoms with Crippen LogP contribution in [0.25, 0.3) is 0 Å². The Balaban J connectivity index is 1.43. The van der Waals surface area contributed by atoms with E-state index in [0.29, 0.717) is 26.3 Å². The largest absolute Gasteiger partial charge is 0.491 e. The Hall–Kier alpha value is -2.64. The molecule has 2 aromatic rings. The summed E-state index contributed by atoms with van der Waals surface area (Å²) < 4.78 is 23.7. The number of carbonyl (C=O) groups excluding carboxylic acids is 1. The zero-order valence-corrected chi connectivity index (χ0v) is 17.5. The molecule has 1 aliphatic rings. The lowest BCUT2D eigenvalue weighted by atomic mass is 10.2. The van der Waals surface area contributed by atoms with E-state index in [9.17, 15) is 9.18 Å². The minimum absolute atomic E-state index is 0.0101. The Morgan fingerprint density at radius 2 is 1.90 bits per heavy atom. The zero-order chi connectivity index (χ0) is 21.2. The van der Waals surface area contributed by atoms with Gasteiger partial charge in [-0.2, -0.15) is 0 Å². The first kappa shape index (κ1) is 22.1. The van der Waals surface area contributed by atoms with Crippen LogP contribution in [0.2, 0.25) is 0 Å². The summed E-state index contributed by atoms with van der Waals surface area (Å²) in [5.41, 5.74) is 2.02. The second-order valence-corrected chi connectivity index (χ2v) is 7.36. The van der Waals surface area contributed by atoms with Crippen molar-refractivity contribution in [1.82, 2.24) is 10.2 Å². The van der Waals surface area contributed by atoms with Gasteiger partial charge in [0.25, 0.3) is 0 Å². The molecule has 3 rings (SSSR count). The van der Waals surface area contributed by atoms with E-state index >= 15 is 0 Å². The second-order valence-electron chi connectivity index (χ2n) is 7.36. The first-order valence-corrected chi connectivity index (χ1v) is 10.3. The molecule has 7 heteroatoms. The van der Waals surface area contributed by atoms with Crippen molar-refractivity contribution in [3.8, 4) is 5.75 Å². The van der Waals surface area contributed by atoms with Gasteiger partial charge in [-0.25, -0.2) is 4.39 Å². The van der Waals surface area contributed by atoms with Crippen molar-refractivity contribution in [2.45, 2.75) is 13.0 Å². The standard InChI is InChI=1S/C23H30FN3O3/c1-29-14-15-30-22-5-2-4-19(16-22)17-25-23(28)18-26-10-3-11-27(13-12-26)21-8-6-20(24)7-9-21/h2,4-9,16H,3,10-15,17-18H2,1H3,(H,25,28). The van der Waals surface area contributed by atoms with E-state index in [-0.39, 0.29) is 11.7 Å². The van der Waals surface area contributed by atoms with Gasteiger partial charge in [0, 0.05) is 45.5 Å². The van der Waals surface area contributed by atoms with Crippen LogP contribution in [0.1, 0.15) is 12.0 Å². The van der Waals surface area contributed by atoms with Crippen LogP contribution in [0, 0.1) is 5.82 Å².